The van der Waals surface area contributed by atoms with Gasteiger partial charge in [-0.3, -0.25) is 19.2 Å². The van der Waals surface area contributed by atoms with Crippen LogP contribution in [-0.4, -0.2) is 32.0 Å². The Morgan fingerprint density at radius 1 is 1.03 bits per heavy atom. The van der Waals surface area contributed by atoms with Crippen LogP contribution in [0.1, 0.15) is 16.9 Å². The van der Waals surface area contributed by atoms with Crippen LogP contribution in [0.15, 0.2) is 99.3 Å². The molecule has 0 aliphatic carbocycles. The summed E-state index contributed by atoms with van der Waals surface area (Å²) >= 11 is 0. The van der Waals surface area contributed by atoms with Crippen LogP contribution in [-0.2, 0) is 14.8 Å². The third-order valence-corrected chi connectivity index (χ3v) is 7.40. The van der Waals surface area contributed by atoms with E-state index in [1.165, 1.54) is 30.5 Å². The number of nitro benzene ring substituents is 1. The highest BCUT2D eigenvalue weighted by Gasteiger charge is 2.28. The molecule has 3 aromatic carbocycles. The Kier molecular flexibility index (Phi) is 7.68. The van der Waals surface area contributed by atoms with Gasteiger partial charge in [0.15, 0.2) is 0 Å². The van der Waals surface area contributed by atoms with Crippen LogP contribution in [0.3, 0.4) is 0 Å². The molecule has 11 heteroatoms. The van der Waals surface area contributed by atoms with Crippen molar-refractivity contribution < 1.29 is 22.6 Å². The van der Waals surface area contributed by atoms with Gasteiger partial charge in [0.25, 0.3) is 21.6 Å². The number of hydrogen-bond donors (Lipinski definition) is 1. The van der Waals surface area contributed by atoms with Gasteiger partial charge in [0.05, 0.1) is 21.7 Å². The number of anilines is 1. The molecule has 0 fully saturated rings. The normalized spacial score (nSPS) is 11.4. The fourth-order valence-corrected chi connectivity index (χ4v) is 5.16. The molecule has 10 nitrogen and oxygen atoms in total. The molecular weight excluding hydrogens is 508 g/mol. The van der Waals surface area contributed by atoms with Crippen molar-refractivity contribution in [2.24, 2.45) is 5.10 Å². The summed E-state index contributed by atoms with van der Waals surface area (Å²) in [5.41, 5.74) is 4.88. The van der Waals surface area contributed by atoms with Crippen LogP contribution >= 0.6 is 0 Å². The lowest BCUT2D eigenvalue weighted by Gasteiger charge is -2.25. The molecule has 1 heterocycles. The second kappa shape index (κ2) is 11.1. The summed E-state index contributed by atoms with van der Waals surface area (Å²) in [5.74, 6) is 0.133. The maximum Gasteiger partial charge on any atom is 0.269 e. The van der Waals surface area contributed by atoms with Crippen LogP contribution in [0.25, 0.3) is 11.3 Å². The van der Waals surface area contributed by atoms with Gasteiger partial charge in [-0.15, -0.1) is 0 Å². The highest BCUT2D eigenvalue weighted by molar-refractivity contribution is 7.92. The standard InChI is InChI=1S/C27H24N4O6S/c1-19-8-9-20(2)25(16-19)30(38(35,36)24-6-4-3-5-7-24)18-27(32)29-28-17-23-14-15-26(37-23)21-10-12-22(13-11-21)31(33)34/h3-17H,18H2,1-2H3,(H,29,32)/b28-17-. The van der Waals surface area contributed by atoms with Crippen molar-refractivity contribution >= 4 is 33.5 Å². The second-order valence-corrected chi connectivity index (χ2v) is 10.3. The average molecular weight is 533 g/mol. The molecule has 0 spiro atoms. The molecule has 38 heavy (non-hydrogen) atoms. The van der Waals surface area contributed by atoms with Crippen molar-refractivity contribution in [3.8, 4) is 11.3 Å². The van der Waals surface area contributed by atoms with E-state index in [0.717, 1.165) is 9.87 Å². The maximum absolute atomic E-state index is 13.5. The number of nitro groups is 1. The number of carbonyl (C=O) groups is 1. The van der Waals surface area contributed by atoms with Gasteiger partial charge < -0.3 is 4.42 Å². The molecule has 0 bridgehead atoms. The van der Waals surface area contributed by atoms with Gasteiger partial charge in [-0.25, -0.2) is 13.8 Å². The van der Waals surface area contributed by atoms with Gasteiger partial charge in [-0.05, 0) is 67.4 Å². The van der Waals surface area contributed by atoms with Crippen LogP contribution in [0.5, 0.6) is 0 Å². The number of rotatable bonds is 9. The summed E-state index contributed by atoms with van der Waals surface area (Å²) in [6, 6.07) is 22.4. The van der Waals surface area contributed by atoms with Gasteiger partial charge in [0, 0.05) is 17.7 Å². The number of nitrogens with one attached hydrogen (secondary N) is 1. The van der Waals surface area contributed by atoms with E-state index in [1.54, 1.807) is 61.5 Å². The highest BCUT2D eigenvalue weighted by atomic mass is 32.2. The zero-order valence-electron chi connectivity index (χ0n) is 20.6. The SMILES string of the molecule is Cc1ccc(C)c(N(CC(=O)N/N=C\c2ccc(-c3ccc([N+](=O)[O-])cc3)o2)S(=O)(=O)c2ccccc2)c1. The number of non-ortho nitro benzene ring substituents is 1. The van der Waals surface area contributed by atoms with Gasteiger partial charge >= 0.3 is 0 Å². The minimum atomic E-state index is -4.04. The summed E-state index contributed by atoms with van der Waals surface area (Å²) < 4.78 is 33.7. The summed E-state index contributed by atoms with van der Waals surface area (Å²) in [7, 11) is -4.04. The number of carbonyl (C=O) groups excluding carboxylic acids is 1. The van der Waals surface area contributed by atoms with E-state index < -0.39 is 27.4 Å². The van der Waals surface area contributed by atoms with E-state index in [9.17, 15) is 23.3 Å². The average Bonchev–Trinajstić information content (AvgIpc) is 3.38. The van der Waals surface area contributed by atoms with Crippen LogP contribution < -0.4 is 9.73 Å². The molecule has 0 radical (unpaired) electrons. The number of hydrazone groups is 1. The number of benzene rings is 3. The Hall–Kier alpha value is -4.77. The molecule has 4 aromatic rings. The zero-order valence-corrected chi connectivity index (χ0v) is 21.4. The minimum absolute atomic E-state index is 0.0333. The van der Waals surface area contributed by atoms with Gasteiger partial charge in [0.1, 0.15) is 18.1 Å². The zero-order chi connectivity index (χ0) is 27.3. The topological polar surface area (TPSA) is 135 Å². The maximum atomic E-state index is 13.5. The highest BCUT2D eigenvalue weighted by Crippen LogP contribution is 2.28. The molecule has 194 valence electrons. The van der Waals surface area contributed by atoms with E-state index >= 15 is 0 Å². The first-order chi connectivity index (χ1) is 18.1. The molecule has 1 amide bonds. The van der Waals surface area contributed by atoms with Crippen LogP contribution in [0.4, 0.5) is 11.4 Å². The van der Waals surface area contributed by atoms with Gasteiger partial charge in [0.2, 0.25) is 0 Å². The van der Waals surface area contributed by atoms with Crippen molar-refractivity contribution in [1.82, 2.24) is 5.43 Å². The van der Waals surface area contributed by atoms with E-state index in [2.05, 4.69) is 10.5 Å². The lowest BCUT2D eigenvalue weighted by molar-refractivity contribution is -0.384. The molecule has 0 saturated carbocycles. The molecule has 0 aliphatic heterocycles. The van der Waals surface area contributed by atoms with Crippen molar-refractivity contribution in [3.05, 3.63) is 112 Å². The Bertz CT molecular complexity index is 1600. The van der Waals surface area contributed by atoms with Crippen molar-refractivity contribution in [2.45, 2.75) is 18.7 Å². The number of aryl methyl sites for hydroxylation is 2. The number of nitrogens with zero attached hydrogens (tertiary/aromatic N) is 3. The number of hydrogen-bond acceptors (Lipinski definition) is 7. The van der Waals surface area contributed by atoms with E-state index in [0.29, 0.717) is 28.3 Å². The third-order valence-electron chi connectivity index (χ3n) is 5.62. The lowest BCUT2D eigenvalue weighted by Crippen LogP contribution is -2.40. The van der Waals surface area contributed by atoms with Gasteiger partial charge in [-0.1, -0.05) is 30.3 Å². The molecule has 0 unspecified atom stereocenters. The third kappa shape index (κ3) is 5.95. The number of amides is 1. The lowest BCUT2D eigenvalue weighted by atomic mass is 10.1. The summed E-state index contributed by atoms with van der Waals surface area (Å²) in [4.78, 5) is 23.2. The van der Waals surface area contributed by atoms with Crippen LogP contribution in [0.2, 0.25) is 0 Å². The van der Waals surface area contributed by atoms with Gasteiger partial charge in [-0.2, -0.15) is 5.10 Å². The fourth-order valence-electron chi connectivity index (χ4n) is 3.67. The molecular formula is C27H24N4O6S. The monoisotopic (exact) mass is 532 g/mol. The molecule has 0 aliphatic rings. The van der Waals surface area contributed by atoms with Crippen molar-refractivity contribution in [1.29, 1.82) is 0 Å². The van der Waals surface area contributed by atoms with Crippen LogP contribution in [0, 0.1) is 24.0 Å². The van der Waals surface area contributed by atoms with E-state index in [-0.39, 0.29) is 10.6 Å². The molecule has 4 rings (SSSR count). The molecule has 0 saturated heterocycles. The molecule has 1 aromatic heterocycles. The molecule has 0 atom stereocenters. The summed E-state index contributed by atoms with van der Waals surface area (Å²) in [6.07, 6.45) is 1.28. The summed E-state index contributed by atoms with van der Waals surface area (Å²) in [6.45, 7) is 3.12. The summed E-state index contributed by atoms with van der Waals surface area (Å²) in [5, 5.41) is 14.7. The minimum Gasteiger partial charge on any atom is -0.455 e. The number of sulfonamides is 1. The first kappa shape index (κ1) is 26.3. The fraction of sp³-hybridized carbons (Fsp3) is 0.111. The Balaban J connectivity index is 1.50. The van der Waals surface area contributed by atoms with Crippen molar-refractivity contribution in [2.75, 3.05) is 10.8 Å². The quantitative estimate of drug-likeness (QED) is 0.187. The predicted molar refractivity (Wildman–Crippen MR) is 143 cm³/mol. The number of furan rings is 1. The second-order valence-electron chi connectivity index (χ2n) is 8.41. The Morgan fingerprint density at radius 2 is 1.74 bits per heavy atom. The first-order valence-electron chi connectivity index (χ1n) is 11.5. The first-order valence-corrected chi connectivity index (χ1v) is 12.9. The molecule has 1 N–H and O–H groups in total. The Labute approximate surface area is 219 Å². The van der Waals surface area contributed by atoms with E-state index in [1.807, 2.05) is 13.0 Å². The predicted octanol–water partition coefficient (Wildman–Crippen LogP) is 4.82. The van der Waals surface area contributed by atoms with E-state index in [4.69, 9.17) is 4.42 Å². The largest absolute Gasteiger partial charge is 0.455 e. The van der Waals surface area contributed by atoms with Crippen molar-refractivity contribution in [3.63, 3.8) is 0 Å². The Morgan fingerprint density at radius 3 is 2.42 bits per heavy atom. The smallest absolute Gasteiger partial charge is 0.269 e.